The van der Waals surface area contributed by atoms with Gasteiger partial charge in [0.2, 0.25) is 5.91 Å². The van der Waals surface area contributed by atoms with Gasteiger partial charge in [0.15, 0.2) is 0 Å². The summed E-state index contributed by atoms with van der Waals surface area (Å²) in [4.78, 5) is 11.7. The molecule has 3 nitrogen and oxygen atoms in total. The van der Waals surface area contributed by atoms with Crippen LogP contribution >= 0.6 is 0 Å². The van der Waals surface area contributed by atoms with E-state index in [0.29, 0.717) is 6.54 Å². The summed E-state index contributed by atoms with van der Waals surface area (Å²) in [6.45, 7) is 10.4. The minimum Gasteiger partial charge on any atom is -0.376 e. The second-order valence-corrected chi connectivity index (χ2v) is 5.40. The van der Waals surface area contributed by atoms with Gasteiger partial charge in [-0.25, -0.2) is 0 Å². The van der Waals surface area contributed by atoms with Crippen LogP contribution in [0.4, 0.5) is 5.69 Å². The molecule has 1 aromatic carbocycles. The van der Waals surface area contributed by atoms with Crippen molar-refractivity contribution < 1.29 is 4.79 Å². The number of hydrogen-bond acceptors (Lipinski definition) is 2. The van der Waals surface area contributed by atoms with Gasteiger partial charge in [-0.15, -0.1) is 0 Å². The van der Waals surface area contributed by atoms with Gasteiger partial charge in [-0.05, 0) is 51.8 Å². The highest BCUT2D eigenvalue weighted by molar-refractivity contribution is 5.81. The fourth-order valence-corrected chi connectivity index (χ4v) is 1.58. The minimum absolute atomic E-state index is 0.0124. The van der Waals surface area contributed by atoms with Gasteiger partial charge >= 0.3 is 0 Å². The van der Waals surface area contributed by atoms with Crippen molar-refractivity contribution in [2.75, 3.05) is 11.9 Å². The first kappa shape index (κ1) is 13.6. The van der Waals surface area contributed by atoms with E-state index in [1.165, 1.54) is 11.1 Å². The number of aryl methyl sites for hydroxylation is 1. The van der Waals surface area contributed by atoms with E-state index >= 15 is 0 Å². The van der Waals surface area contributed by atoms with E-state index in [1.807, 2.05) is 32.9 Å². The van der Waals surface area contributed by atoms with Crippen LogP contribution in [0.15, 0.2) is 18.2 Å². The smallest absolute Gasteiger partial charge is 0.239 e. The van der Waals surface area contributed by atoms with Crippen LogP contribution in [0.3, 0.4) is 0 Å². The molecule has 1 rings (SSSR count). The average Bonchev–Trinajstić information content (AvgIpc) is 2.18. The Labute approximate surface area is 104 Å². The van der Waals surface area contributed by atoms with Crippen molar-refractivity contribution in [1.82, 2.24) is 5.32 Å². The van der Waals surface area contributed by atoms with Crippen molar-refractivity contribution >= 4 is 11.6 Å². The monoisotopic (exact) mass is 234 g/mol. The largest absolute Gasteiger partial charge is 0.376 e. The Morgan fingerprint density at radius 1 is 1.24 bits per heavy atom. The first-order valence-electron chi connectivity index (χ1n) is 5.91. The Morgan fingerprint density at radius 3 is 2.47 bits per heavy atom. The van der Waals surface area contributed by atoms with Crippen LogP contribution in [-0.4, -0.2) is 18.0 Å². The molecule has 0 aliphatic carbocycles. The first-order chi connectivity index (χ1) is 7.79. The molecule has 0 radical (unpaired) electrons. The van der Waals surface area contributed by atoms with Gasteiger partial charge in [0.1, 0.15) is 0 Å². The molecule has 0 fully saturated rings. The lowest BCUT2D eigenvalue weighted by Gasteiger charge is -2.21. The first-order valence-corrected chi connectivity index (χ1v) is 5.91. The number of carbonyl (C=O) groups is 1. The van der Waals surface area contributed by atoms with E-state index in [-0.39, 0.29) is 11.4 Å². The summed E-state index contributed by atoms with van der Waals surface area (Å²) in [6.07, 6.45) is 0. The second kappa shape index (κ2) is 5.21. The Hall–Kier alpha value is -1.51. The topological polar surface area (TPSA) is 41.1 Å². The maximum absolute atomic E-state index is 11.7. The molecule has 0 aliphatic rings. The van der Waals surface area contributed by atoms with Crippen LogP contribution in [0.5, 0.6) is 0 Å². The molecular formula is C14H22N2O. The van der Waals surface area contributed by atoms with Gasteiger partial charge in [0, 0.05) is 11.2 Å². The molecular weight excluding hydrogens is 212 g/mol. The van der Waals surface area contributed by atoms with Crippen molar-refractivity contribution in [1.29, 1.82) is 0 Å². The number of nitrogens with one attached hydrogen (secondary N) is 2. The molecule has 0 saturated heterocycles. The maximum Gasteiger partial charge on any atom is 0.239 e. The fraction of sp³-hybridized carbons (Fsp3) is 0.500. The maximum atomic E-state index is 11.7. The summed E-state index contributed by atoms with van der Waals surface area (Å²) in [5, 5.41) is 6.09. The molecule has 0 aliphatic heterocycles. The molecule has 3 heteroatoms. The van der Waals surface area contributed by atoms with Crippen LogP contribution in [0.2, 0.25) is 0 Å². The van der Waals surface area contributed by atoms with Crippen LogP contribution in [0.25, 0.3) is 0 Å². The number of rotatable bonds is 3. The average molecular weight is 234 g/mol. The number of amides is 1. The summed E-state index contributed by atoms with van der Waals surface area (Å²) in [5.41, 5.74) is 3.26. The summed E-state index contributed by atoms with van der Waals surface area (Å²) in [5.74, 6) is 0.0124. The lowest BCUT2D eigenvalue weighted by atomic mass is 10.1. The molecule has 0 atom stereocenters. The van der Waals surface area contributed by atoms with Gasteiger partial charge in [-0.1, -0.05) is 12.1 Å². The molecule has 0 bridgehead atoms. The quantitative estimate of drug-likeness (QED) is 0.844. The molecule has 0 spiro atoms. The van der Waals surface area contributed by atoms with Gasteiger partial charge in [0.05, 0.1) is 6.54 Å². The third-order valence-corrected chi connectivity index (χ3v) is 2.56. The summed E-state index contributed by atoms with van der Waals surface area (Å²) >= 11 is 0. The molecule has 0 heterocycles. The third kappa shape index (κ3) is 4.47. The van der Waals surface area contributed by atoms with Crippen molar-refractivity contribution in [2.45, 2.75) is 40.2 Å². The normalized spacial score (nSPS) is 11.1. The zero-order valence-corrected chi connectivity index (χ0v) is 11.3. The molecule has 1 amide bonds. The highest BCUT2D eigenvalue weighted by Gasteiger charge is 2.13. The van der Waals surface area contributed by atoms with Crippen LogP contribution in [0.1, 0.15) is 31.9 Å². The number of hydrogen-bond donors (Lipinski definition) is 2. The number of benzene rings is 1. The van der Waals surface area contributed by atoms with Crippen molar-refractivity contribution in [2.24, 2.45) is 0 Å². The number of anilines is 1. The molecule has 2 N–H and O–H groups in total. The zero-order chi connectivity index (χ0) is 13.1. The molecule has 17 heavy (non-hydrogen) atoms. The SMILES string of the molecule is Cc1cccc(NCC(=O)NC(C)(C)C)c1C. The van der Waals surface area contributed by atoms with E-state index in [0.717, 1.165) is 5.69 Å². The van der Waals surface area contributed by atoms with Gasteiger partial charge in [-0.2, -0.15) is 0 Å². The standard InChI is InChI=1S/C14H22N2O/c1-10-7-6-8-12(11(10)2)15-9-13(17)16-14(3,4)5/h6-8,15H,9H2,1-5H3,(H,16,17). The van der Waals surface area contributed by atoms with Crippen LogP contribution < -0.4 is 10.6 Å². The van der Waals surface area contributed by atoms with Crippen molar-refractivity contribution in [3.8, 4) is 0 Å². The highest BCUT2D eigenvalue weighted by Crippen LogP contribution is 2.17. The van der Waals surface area contributed by atoms with E-state index in [9.17, 15) is 4.79 Å². The highest BCUT2D eigenvalue weighted by atomic mass is 16.2. The molecule has 94 valence electrons. The predicted molar refractivity (Wildman–Crippen MR) is 72.3 cm³/mol. The van der Waals surface area contributed by atoms with Gasteiger partial charge in [-0.3, -0.25) is 4.79 Å². The molecule has 0 unspecified atom stereocenters. The Kier molecular flexibility index (Phi) is 4.16. The second-order valence-electron chi connectivity index (χ2n) is 5.40. The Balaban J connectivity index is 2.56. The van der Waals surface area contributed by atoms with E-state index in [1.54, 1.807) is 0 Å². The van der Waals surface area contributed by atoms with Crippen molar-refractivity contribution in [3.63, 3.8) is 0 Å². The number of carbonyl (C=O) groups excluding carboxylic acids is 1. The Bertz CT molecular complexity index is 405. The minimum atomic E-state index is -0.180. The van der Waals surface area contributed by atoms with E-state index in [4.69, 9.17) is 0 Å². The Morgan fingerprint density at radius 2 is 1.88 bits per heavy atom. The van der Waals surface area contributed by atoms with E-state index < -0.39 is 0 Å². The summed E-state index contributed by atoms with van der Waals surface area (Å²) in [6, 6.07) is 6.05. The van der Waals surface area contributed by atoms with E-state index in [2.05, 4.69) is 30.5 Å². The predicted octanol–water partition coefficient (Wildman–Crippen LogP) is 2.63. The van der Waals surface area contributed by atoms with Crippen LogP contribution in [0, 0.1) is 13.8 Å². The molecule has 1 aromatic rings. The summed E-state index contributed by atoms with van der Waals surface area (Å²) < 4.78 is 0. The lowest BCUT2D eigenvalue weighted by molar-refractivity contribution is -0.120. The fourth-order valence-electron chi connectivity index (χ4n) is 1.58. The van der Waals surface area contributed by atoms with Crippen LogP contribution in [-0.2, 0) is 4.79 Å². The van der Waals surface area contributed by atoms with Gasteiger partial charge in [0.25, 0.3) is 0 Å². The summed E-state index contributed by atoms with van der Waals surface area (Å²) in [7, 11) is 0. The van der Waals surface area contributed by atoms with Crippen molar-refractivity contribution in [3.05, 3.63) is 29.3 Å². The molecule has 0 saturated carbocycles. The zero-order valence-electron chi connectivity index (χ0n) is 11.3. The molecule has 0 aromatic heterocycles. The lowest BCUT2D eigenvalue weighted by Crippen LogP contribution is -2.43. The third-order valence-electron chi connectivity index (χ3n) is 2.56. The van der Waals surface area contributed by atoms with Gasteiger partial charge < -0.3 is 10.6 Å².